The summed E-state index contributed by atoms with van der Waals surface area (Å²) in [4.78, 5) is 37.1. The van der Waals surface area contributed by atoms with E-state index in [-0.39, 0.29) is 10.5 Å². The molecule has 0 radical (unpaired) electrons. The Morgan fingerprint density at radius 3 is 2.41 bits per heavy atom. The minimum absolute atomic E-state index is 0.0848. The molecule has 2 aromatic carbocycles. The van der Waals surface area contributed by atoms with Gasteiger partial charge in [0.25, 0.3) is 11.1 Å². The van der Waals surface area contributed by atoms with E-state index in [1.807, 2.05) is 0 Å². The van der Waals surface area contributed by atoms with E-state index in [2.05, 4.69) is 5.32 Å². The summed E-state index contributed by atoms with van der Waals surface area (Å²) in [6.07, 6.45) is -3.51. The maximum Gasteiger partial charge on any atom is 0.418 e. The predicted octanol–water partition coefficient (Wildman–Crippen LogP) is 4.52. The lowest BCUT2D eigenvalue weighted by molar-refractivity contribution is -0.137. The van der Waals surface area contributed by atoms with Crippen LogP contribution < -0.4 is 5.32 Å². The van der Waals surface area contributed by atoms with Gasteiger partial charge in [0.15, 0.2) is 0 Å². The monoisotopic (exact) mass is 424 g/mol. The Labute approximate surface area is 166 Å². The molecule has 0 atom stereocenters. The highest BCUT2D eigenvalue weighted by atomic mass is 32.2. The van der Waals surface area contributed by atoms with E-state index in [1.54, 1.807) is 6.07 Å². The zero-order valence-corrected chi connectivity index (χ0v) is 15.3. The topological polar surface area (TPSA) is 66.5 Å². The highest BCUT2D eigenvalue weighted by molar-refractivity contribution is 8.18. The zero-order valence-electron chi connectivity index (χ0n) is 14.5. The number of thioether (sulfide) groups is 1. The molecule has 1 aliphatic heterocycles. The number of para-hydroxylation sites is 1. The van der Waals surface area contributed by atoms with Gasteiger partial charge >= 0.3 is 6.18 Å². The number of alkyl halides is 3. The van der Waals surface area contributed by atoms with Gasteiger partial charge < -0.3 is 5.32 Å². The van der Waals surface area contributed by atoms with Crippen molar-refractivity contribution >= 4 is 40.6 Å². The van der Waals surface area contributed by atoms with Gasteiger partial charge in [-0.2, -0.15) is 13.2 Å². The van der Waals surface area contributed by atoms with Crippen molar-refractivity contribution in [1.82, 2.24) is 4.90 Å². The second-order valence-corrected chi connectivity index (χ2v) is 6.87. The molecule has 1 N–H and O–H groups in total. The number of hydrogen-bond donors (Lipinski definition) is 1. The fraction of sp³-hybridized carbons (Fsp3) is 0.105. The summed E-state index contributed by atoms with van der Waals surface area (Å²) in [5.74, 6) is -2.40. The van der Waals surface area contributed by atoms with Crippen LogP contribution in [0.3, 0.4) is 0 Å². The number of carbonyl (C=O) groups is 3. The average Bonchev–Trinajstić information content (AvgIpc) is 2.90. The maximum atomic E-state index is 13.7. The number of halogens is 4. The molecule has 5 nitrogen and oxygen atoms in total. The molecule has 1 aliphatic rings. The van der Waals surface area contributed by atoms with E-state index in [0.29, 0.717) is 16.7 Å². The molecule has 0 bridgehead atoms. The Morgan fingerprint density at radius 2 is 1.72 bits per heavy atom. The van der Waals surface area contributed by atoms with Crippen LogP contribution in [-0.4, -0.2) is 28.5 Å². The molecule has 2 aromatic rings. The first-order valence-corrected chi connectivity index (χ1v) is 8.94. The maximum absolute atomic E-state index is 13.7. The summed E-state index contributed by atoms with van der Waals surface area (Å²) < 4.78 is 52.8. The van der Waals surface area contributed by atoms with Crippen molar-refractivity contribution in [2.75, 3.05) is 11.9 Å². The second-order valence-electron chi connectivity index (χ2n) is 5.88. The lowest BCUT2D eigenvalue weighted by Crippen LogP contribution is -2.36. The van der Waals surface area contributed by atoms with Crippen LogP contribution in [-0.2, 0) is 15.8 Å². The van der Waals surface area contributed by atoms with Crippen LogP contribution in [0.15, 0.2) is 53.4 Å². The van der Waals surface area contributed by atoms with Gasteiger partial charge in [-0.25, -0.2) is 4.39 Å². The lowest BCUT2D eigenvalue weighted by atomic mass is 10.1. The van der Waals surface area contributed by atoms with Crippen molar-refractivity contribution in [2.45, 2.75) is 6.18 Å². The number of carbonyl (C=O) groups excluding carboxylic acids is 3. The second kappa shape index (κ2) is 8.08. The molecule has 0 aliphatic carbocycles. The van der Waals surface area contributed by atoms with Crippen LogP contribution in [0.4, 0.5) is 28.0 Å². The largest absolute Gasteiger partial charge is 0.418 e. The molecule has 29 heavy (non-hydrogen) atoms. The van der Waals surface area contributed by atoms with Crippen molar-refractivity contribution in [3.63, 3.8) is 0 Å². The first kappa shape index (κ1) is 20.6. The summed E-state index contributed by atoms with van der Waals surface area (Å²) in [6.45, 7) is -0.772. The summed E-state index contributed by atoms with van der Waals surface area (Å²) in [5.41, 5.74) is -1.46. The number of imide groups is 1. The Hall–Kier alpha value is -3.14. The first-order chi connectivity index (χ1) is 13.7. The smallest absolute Gasteiger partial charge is 0.324 e. The number of benzene rings is 2. The van der Waals surface area contributed by atoms with Crippen molar-refractivity contribution < 1.29 is 31.9 Å². The van der Waals surface area contributed by atoms with Gasteiger partial charge in [-0.15, -0.1) is 0 Å². The third-order valence-corrected chi connectivity index (χ3v) is 4.78. The zero-order chi connectivity index (χ0) is 21.2. The summed E-state index contributed by atoms with van der Waals surface area (Å²) in [5, 5.41) is 1.28. The van der Waals surface area contributed by atoms with E-state index in [1.165, 1.54) is 36.4 Å². The third-order valence-electron chi connectivity index (χ3n) is 3.87. The van der Waals surface area contributed by atoms with Gasteiger partial charge in [0.05, 0.1) is 16.2 Å². The molecular formula is C19H12F4N2O3S. The van der Waals surface area contributed by atoms with Gasteiger partial charge in [0.1, 0.15) is 12.4 Å². The van der Waals surface area contributed by atoms with Crippen LogP contribution in [0.1, 0.15) is 11.1 Å². The molecule has 3 amide bonds. The summed E-state index contributed by atoms with van der Waals surface area (Å²) >= 11 is 0.513. The highest BCUT2D eigenvalue weighted by Gasteiger charge is 2.37. The molecule has 1 saturated heterocycles. The standard InChI is InChI=1S/C19H12F4N2O3S/c20-13-7-3-1-5-11(13)9-15-17(27)25(18(28)29-15)10-16(26)24-14-8-4-2-6-12(14)19(21,22)23/h1-9H,10H2,(H,24,26)/b15-9-. The molecule has 1 heterocycles. The minimum Gasteiger partial charge on any atom is -0.324 e. The van der Waals surface area contributed by atoms with E-state index in [4.69, 9.17) is 0 Å². The molecule has 0 saturated carbocycles. The minimum atomic E-state index is -4.69. The fourth-order valence-corrected chi connectivity index (χ4v) is 3.37. The predicted molar refractivity (Wildman–Crippen MR) is 99.2 cm³/mol. The number of hydrogen-bond acceptors (Lipinski definition) is 4. The van der Waals surface area contributed by atoms with E-state index in [9.17, 15) is 31.9 Å². The van der Waals surface area contributed by atoms with Crippen LogP contribution in [0, 0.1) is 5.82 Å². The molecule has 0 unspecified atom stereocenters. The van der Waals surface area contributed by atoms with E-state index >= 15 is 0 Å². The van der Waals surface area contributed by atoms with Crippen LogP contribution in [0.25, 0.3) is 6.08 Å². The van der Waals surface area contributed by atoms with Gasteiger partial charge in [0, 0.05) is 5.56 Å². The quantitative estimate of drug-likeness (QED) is 0.579. The molecule has 1 fully saturated rings. The molecule has 10 heteroatoms. The summed E-state index contributed by atoms with van der Waals surface area (Å²) in [7, 11) is 0. The third kappa shape index (κ3) is 4.65. The normalized spacial score (nSPS) is 15.9. The van der Waals surface area contributed by atoms with Gasteiger partial charge in [-0.3, -0.25) is 19.3 Å². The van der Waals surface area contributed by atoms with Crippen molar-refractivity contribution in [3.05, 3.63) is 70.4 Å². The molecular weight excluding hydrogens is 412 g/mol. The van der Waals surface area contributed by atoms with E-state index < -0.39 is 46.8 Å². The fourth-order valence-electron chi connectivity index (χ4n) is 2.54. The number of nitrogens with zero attached hydrogens (tertiary/aromatic N) is 1. The SMILES string of the molecule is O=C(CN1C(=O)S/C(=C\c2ccccc2F)C1=O)Nc1ccccc1C(F)(F)F. The Balaban J connectivity index is 1.74. The van der Waals surface area contributed by atoms with Crippen molar-refractivity contribution in [2.24, 2.45) is 0 Å². The number of rotatable bonds is 4. The highest BCUT2D eigenvalue weighted by Crippen LogP contribution is 2.35. The van der Waals surface area contributed by atoms with Crippen molar-refractivity contribution in [1.29, 1.82) is 0 Å². The van der Waals surface area contributed by atoms with Crippen LogP contribution >= 0.6 is 11.8 Å². The van der Waals surface area contributed by atoms with E-state index in [0.717, 1.165) is 12.1 Å². The number of nitrogens with one attached hydrogen (secondary N) is 1. The van der Waals surface area contributed by atoms with Crippen molar-refractivity contribution in [3.8, 4) is 0 Å². The molecule has 0 aromatic heterocycles. The van der Waals surface area contributed by atoms with Gasteiger partial charge in [-0.05, 0) is 36.0 Å². The van der Waals surface area contributed by atoms with Gasteiger partial charge in [0.2, 0.25) is 5.91 Å². The van der Waals surface area contributed by atoms with Crippen LogP contribution in [0.2, 0.25) is 0 Å². The summed E-state index contributed by atoms with van der Waals surface area (Å²) in [6, 6.07) is 9.93. The first-order valence-electron chi connectivity index (χ1n) is 8.13. The Kier molecular flexibility index (Phi) is 5.73. The lowest BCUT2D eigenvalue weighted by Gasteiger charge is -2.15. The Bertz CT molecular complexity index is 1020. The Morgan fingerprint density at radius 1 is 1.07 bits per heavy atom. The molecule has 150 valence electrons. The van der Waals surface area contributed by atoms with Crippen LogP contribution in [0.5, 0.6) is 0 Å². The number of anilines is 1. The van der Waals surface area contributed by atoms with Gasteiger partial charge in [-0.1, -0.05) is 30.3 Å². The number of amides is 3. The average molecular weight is 424 g/mol. The molecule has 3 rings (SSSR count). The molecule has 0 spiro atoms.